The molecule has 8 heteroatoms. The van der Waals surface area contributed by atoms with Crippen molar-refractivity contribution in [1.29, 1.82) is 0 Å². The summed E-state index contributed by atoms with van der Waals surface area (Å²) in [5.41, 5.74) is -0.583. The largest absolute Gasteiger partial charge is 0.444 e. The van der Waals surface area contributed by atoms with Gasteiger partial charge in [0.1, 0.15) is 16.7 Å². The van der Waals surface area contributed by atoms with Crippen LogP contribution in [0.5, 0.6) is 0 Å². The van der Waals surface area contributed by atoms with Gasteiger partial charge >= 0.3 is 6.09 Å². The van der Waals surface area contributed by atoms with E-state index in [1.807, 2.05) is 20.8 Å². The van der Waals surface area contributed by atoms with E-state index in [2.05, 4.69) is 29.4 Å². The fraction of sp³-hybridized carbons (Fsp3) is 0.765. The van der Waals surface area contributed by atoms with Crippen LogP contribution in [0.3, 0.4) is 0 Å². The lowest BCUT2D eigenvalue weighted by Gasteiger charge is -2.35. The predicted octanol–water partition coefficient (Wildman–Crippen LogP) is 3.78. The fourth-order valence-corrected chi connectivity index (χ4v) is 3.47. The van der Waals surface area contributed by atoms with Crippen LogP contribution < -0.4 is 5.32 Å². The van der Waals surface area contributed by atoms with Crippen molar-refractivity contribution in [3.05, 3.63) is 5.01 Å². The second kappa shape index (κ2) is 8.12. The highest BCUT2D eigenvalue weighted by atomic mass is 32.1. The maximum Gasteiger partial charge on any atom is 0.410 e. The SMILES string of the molecule is CCC(C)c1nnc(NC(=O)C2CCCCN2C(=O)OC(C)(C)C)s1. The first-order valence-corrected chi connectivity index (χ1v) is 9.66. The van der Waals surface area contributed by atoms with Gasteiger partial charge in [-0.1, -0.05) is 25.2 Å². The number of piperidine rings is 1. The first-order valence-electron chi connectivity index (χ1n) is 8.85. The van der Waals surface area contributed by atoms with Crippen molar-refractivity contribution in [3.8, 4) is 0 Å². The van der Waals surface area contributed by atoms with Gasteiger partial charge in [-0.15, -0.1) is 10.2 Å². The minimum atomic E-state index is -0.583. The Kier molecular flexibility index (Phi) is 6.37. The number of carbonyl (C=O) groups excluding carboxylic acids is 2. The molecule has 0 saturated carbocycles. The standard InChI is InChI=1S/C17H28N4O3S/c1-6-11(2)14-19-20-15(25-14)18-13(22)12-9-7-8-10-21(12)16(23)24-17(3,4)5/h11-12H,6-10H2,1-5H3,(H,18,20,22). The Morgan fingerprint density at radius 3 is 2.72 bits per heavy atom. The summed E-state index contributed by atoms with van der Waals surface area (Å²) < 4.78 is 5.44. The van der Waals surface area contributed by atoms with E-state index in [-0.39, 0.29) is 5.91 Å². The molecule has 0 bridgehead atoms. The van der Waals surface area contributed by atoms with Crippen molar-refractivity contribution in [1.82, 2.24) is 15.1 Å². The average Bonchev–Trinajstić information content (AvgIpc) is 3.01. The normalized spacial score (nSPS) is 19.4. The second-order valence-electron chi connectivity index (χ2n) is 7.43. The van der Waals surface area contributed by atoms with E-state index in [1.54, 1.807) is 0 Å². The van der Waals surface area contributed by atoms with Gasteiger partial charge in [-0.3, -0.25) is 15.0 Å². The fourth-order valence-electron chi connectivity index (χ4n) is 2.59. The van der Waals surface area contributed by atoms with Crippen molar-refractivity contribution in [2.24, 2.45) is 0 Å². The molecule has 1 aromatic heterocycles. The van der Waals surface area contributed by atoms with Gasteiger partial charge in [0.15, 0.2) is 0 Å². The van der Waals surface area contributed by atoms with Gasteiger partial charge < -0.3 is 4.74 Å². The van der Waals surface area contributed by atoms with E-state index >= 15 is 0 Å². The summed E-state index contributed by atoms with van der Waals surface area (Å²) in [4.78, 5) is 26.6. The van der Waals surface area contributed by atoms with Crippen LogP contribution >= 0.6 is 11.3 Å². The van der Waals surface area contributed by atoms with Crippen molar-refractivity contribution >= 4 is 28.5 Å². The van der Waals surface area contributed by atoms with Gasteiger partial charge in [-0.25, -0.2) is 4.79 Å². The molecule has 0 radical (unpaired) electrons. The zero-order valence-electron chi connectivity index (χ0n) is 15.7. The van der Waals surface area contributed by atoms with Crippen LogP contribution in [0.2, 0.25) is 0 Å². The van der Waals surface area contributed by atoms with E-state index < -0.39 is 17.7 Å². The van der Waals surface area contributed by atoms with E-state index in [1.165, 1.54) is 16.2 Å². The molecular weight excluding hydrogens is 340 g/mol. The van der Waals surface area contributed by atoms with Crippen LogP contribution in [0.15, 0.2) is 0 Å². The number of nitrogens with one attached hydrogen (secondary N) is 1. The molecule has 2 unspecified atom stereocenters. The van der Waals surface area contributed by atoms with Crippen molar-refractivity contribution in [3.63, 3.8) is 0 Å². The number of rotatable bonds is 4. The Morgan fingerprint density at radius 1 is 1.36 bits per heavy atom. The lowest BCUT2D eigenvalue weighted by molar-refractivity contribution is -0.122. The number of nitrogens with zero attached hydrogens (tertiary/aromatic N) is 3. The average molecular weight is 369 g/mol. The van der Waals surface area contributed by atoms with Gasteiger partial charge in [-0.2, -0.15) is 0 Å². The monoisotopic (exact) mass is 368 g/mol. The van der Waals surface area contributed by atoms with E-state index in [4.69, 9.17) is 4.74 Å². The molecule has 1 aromatic rings. The number of likely N-dealkylation sites (tertiary alicyclic amines) is 1. The maximum atomic E-state index is 12.7. The number of anilines is 1. The lowest BCUT2D eigenvalue weighted by atomic mass is 10.0. The molecule has 2 amide bonds. The van der Waals surface area contributed by atoms with Crippen LogP contribution in [-0.2, 0) is 9.53 Å². The van der Waals surface area contributed by atoms with E-state index in [9.17, 15) is 9.59 Å². The van der Waals surface area contributed by atoms with Crippen molar-refractivity contribution in [2.45, 2.75) is 77.9 Å². The first kappa shape index (κ1) is 19.6. The molecule has 0 aromatic carbocycles. The molecule has 1 fully saturated rings. The molecule has 25 heavy (non-hydrogen) atoms. The van der Waals surface area contributed by atoms with Gasteiger partial charge in [0.05, 0.1) is 0 Å². The third-order valence-electron chi connectivity index (χ3n) is 4.14. The van der Waals surface area contributed by atoms with Gasteiger partial charge in [-0.05, 0) is 46.5 Å². The van der Waals surface area contributed by atoms with Gasteiger partial charge in [0, 0.05) is 12.5 Å². The van der Waals surface area contributed by atoms with E-state index in [0.29, 0.717) is 24.0 Å². The summed E-state index contributed by atoms with van der Waals surface area (Å²) in [5, 5.41) is 12.4. The highest BCUT2D eigenvalue weighted by molar-refractivity contribution is 7.15. The number of carbonyl (C=O) groups is 2. The summed E-state index contributed by atoms with van der Waals surface area (Å²) in [7, 11) is 0. The summed E-state index contributed by atoms with van der Waals surface area (Å²) in [6.07, 6.45) is 2.94. The van der Waals surface area contributed by atoms with Crippen molar-refractivity contribution in [2.75, 3.05) is 11.9 Å². The molecule has 2 atom stereocenters. The summed E-state index contributed by atoms with van der Waals surface area (Å²) in [6.45, 7) is 10.2. The number of amides is 2. The molecule has 1 aliphatic rings. The van der Waals surface area contributed by atoms with Gasteiger partial charge in [0.25, 0.3) is 0 Å². The molecule has 0 spiro atoms. The number of hydrogen-bond donors (Lipinski definition) is 1. The highest BCUT2D eigenvalue weighted by Crippen LogP contribution is 2.26. The number of ether oxygens (including phenoxy) is 1. The predicted molar refractivity (Wildman–Crippen MR) is 97.8 cm³/mol. The molecule has 2 rings (SSSR count). The number of aromatic nitrogens is 2. The van der Waals surface area contributed by atoms with Crippen molar-refractivity contribution < 1.29 is 14.3 Å². The first-order chi connectivity index (χ1) is 11.7. The molecule has 140 valence electrons. The summed E-state index contributed by atoms with van der Waals surface area (Å²) in [6, 6.07) is -0.528. The molecule has 0 aliphatic carbocycles. The zero-order chi connectivity index (χ0) is 18.6. The molecular formula is C17H28N4O3S. The molecule has 1 aliphatic heterocycles. The van der Waals surface area contributed by atoms with Crippen LogP contribution in [-0.4, -0.2) is 45.3 Å². The molecule has 1 saturated heterocycles. The Morgan fingerprint density at radius 2 is 2.08 bits per heavy atom. The van der Waals surface area contributed by atoms with E-state index in [0.717, 1.165) is 24.3 Å². The molecule has 2 heterocycles. The second-order valence-corrected chi connectivity index (χ2v) is 8.44. The minimum Gasteiger partial charge on any atom is -0.444 e. The molecule has 1 N–H and O–H groups in total. The van der Waals surface area contributed by atoms with Crippen LogP contribution in [0.4, 0.5) is 9.93 Å². The Balaban J connectivity index is 2.05. The Bertz CT molecular complexity index is 611. The maximum absolute atomic E-state index is 12.7. The smallest absolute Gasteiger partial charge is 0.410 e. The third-order valence-corrected chi connectivity index (χ3v) is 5.21. The summed E-state index contributed by atoms with van der Waals surface area (Å²) in [5.74, 6) is 0.0912. The van der Waals surface area contributed by atoms with Crippen LogP contribution in [0, 0.1) is 0 Å². The third kappa shape index (κ3) is 5.39. The summed E-state index contributed by atoms with van der Waals surface area (Å²) >= 11 is 1.39. The topological polar surface area (TPSA) is 84.4 Å². The quantitative estimate of drug-likeness (QED) is 0.874. The lowest BCUT2D eigenvalue weighted by Crippen LogP contribution is -2.51. The zero-order valence-corrected chi connectivity index (χ0v) is 16.5. The number of hydrogen-bond acceptors (Lipinski definition) is 6. The molecule has 7 nitrogen and oxygen atoms in total. The Labute approximate surface area is 153 Å². The highest BCUT2D eigenvalue weighted by Gasteiger charge is 2.35. The van der Waals surface area contributed by atoms with Crippen LogP contribution in [0.1, 0.15) is 71.2 Å². The minimum absolute atomic E-state index is 0.225. The Hall–Kier alpha value is -1.70. The van der Waals surface area contributed by atoms with Crippen LogP contribution in [0.25, 0.3) is 0 Å². The van der Waals surface area contributed by atoms with Gasteiger partial charge in [0.2, 0.25) is 11.0 Å².